The number of nitrogens with one attached hydrogen (secondary N) is 1. The summed E-state index contributed by atoms with van der Waals surface area (Å²) in [5.41, 5.74) is 0.536. The molecule has 14 heavy (non-hydrogen) atoms. The van der Waals surface area contributed by atoms with Crippen LogP contribution >= 0.6 is 0 Å². The zero-order valence-corrected chi connectivity index (χ0v) is 7.59. The van der Waals surface area contributed by atoms with Crippen LogP contribution in [0.25, 0.3) is 0 Å². The molecule has 0 atom stereocenters. The van der Waals surface area contributed by atoms with E-state index in [2.05, 4.69) is 5.32 Å². The minimum absolute atomic E-state index is 0.182. The minimum Gasteiger partial charge on any atom is -0.371 e. The SMILES string of the molecule is Fc1cc(F)cc(COC2CNC2)c1. The second kappa shape index (κ2) is 4.02. The lowest BCUT2D eigenvalue weighted by Gasteiger charge is -2.27. The van der Waals surface area contributed by atoms with E-state index in [0.717, 1.165) is 19.2 Å². The molecule has 1 N–H and O–H groups in total. The molecule has 0 saturated carbocycles. The Morgan fingerprint density at radius 3 is 2.36 bits per heavy atom. The molecule has 2 rings (SSSR count). The smallest absolute Gasteiger partial charge is 0.126 e. The van der Waals surface area contributed by atoms with E-state index in [1.54, 1.807) is 0 Å². The summed E-state index contributed by atoms with van der Waals surface area (Å²) in [5.74, 6) is -1.12. The molecular formula is C10H11F2NO. The minimum atomic E-state index is -0.560. The van der Waals surface area contributed by atoms with Crippen LogP contribution in [0.15, 0.2) is 18.2 Å². The van der Waals surface area contributed by atoms with Gasteiger partial charge in [-0.3, -0.25) is 0 Å². The second-order valence-electron chi connectivity index (χ2n) is 3.37. The molecule has 1 aromatic rings. The summed E-state index contributed by atoms with van der Waals surface area (Å²) in [7, 11) is 0. The van der Waals surface area contributed by atoms with Crippen LogP contribution in [0, 0.1) is 11.6 Å². The summed E-state index contributed by atoms with van der Waals surface area (Å²) < 4.78 is 30.9. The maximum Gasteiger partial charge on any atom is 0.126 e. The van der Waals surface area contributed by atoms with E-state index in [4.69, 9.17) is 4.74 Å². The molecule has 0 amide bonds. The fourth-order valence-electron chi connectivity index (χ4n) is 1.29. The van der Waals surface area contributed by atoms with Gasteiger partial charge in [-0.2, -0.15) is 0 Å². The van der Waals surface area contributed by atoms with Crippen LogP contribution in [0.4, 0.5) is 8.78 Å². The van der Waals surface area contributed by atoms with Crippen LogP contribution < -0.4 is 5.32 Å². The van der Waals surface area contributed by atoms with Gasteiger partial charge in [0.25, 0.3) is 0 Å². The van der Waals surface area contributed by atoms with Crippen molar-refractivity contribution in [1.82, 2.24) is 5.32 Å². The first kappa shape index (κ1) is 9.55. The number of halogens is 2. The van der Waals surface area contributed by atoms with E-state index < -0.39 is 11.6 Å². The van der Waals surface area contributed by atoms with E-state index >= 15 is 0 Å². The van der Waals surface area contributed by atoms with E-state index in [0.29, 0.717) is 5.56 Å². The van der Waals surface area contributed by atoms with Crippen molar-refractivity contribution >= 4 is 0 Å². The van der Waals surface area contributed by atoms with Crippen LogP contribution in [0.2, 0.25) is 0 Å². The summed E-state index contributed by atoms with van der Waals surface area (Å²) in [6.45, 7) is 1.90. The second-order valence-corrected chi connectivity index (χ2v) is 3.37. The van der Waals surface area contributed by atoms with Crippen molar-refractivity contribution in [2.75, 3.05) is 13.1 Å². The number of rotatable bonds is 3. The van der Waals surface area contributed by atoms with Gasteiger partial charge in [-0.1, -0.05) is 0 Å². The predicted molar refractivity (Wildman–Crippen MR) is 47.8 cm³/mol. The Balaban J connectivity index is 1.94. The van der Waals surface area contributed by atoms with Gasteiger partial charge in [0.15, 0.2) is 0 Å². The van der Waals surface area contributed by atoms with Gasteiger partial charge in [0, 0.05) is 19.2 Å². The summed E-state index contributed by atoms with van der Waals surface area (Å²) >= 11 is 0. The van der Waals surface area contributed by atoms with Crippen LogP contribution in [0.1, 0.15) is 5.56 Å². The van der Waals surface area contributed by atoms with E-state index in [1.165, 1.54) is 12.1 Å². The molecule has 1 aromatic carbocycles. The Morgan fingerprint density at radius 2 is 1.86 bits per heavy atom. The van der Waals surface area contributed by atoms with Crippen molar-refractivity contribution in [2.24, 2.45) is 0 Å². The lowest BCUT2D eigenvalue weighted by atomic mass is 10.2. The highest BCUT2D eigenvalue weighted by Crippen LogP contribution is 2.10. The fraction of sp³-hybridized carbons (Fsp3) is 0.400. The first-order valence-corrected chi connectivity index (χ1v) is 4.51. The highest BCUT2D eigenvalue weighted by molar-refractivity contribution is 5.17. The molecule has 1 aliphatic heterocycles. The third-order valence-corrected chi connectivity index (χ3v) is 2.15. The maximum absolute atomic E-state index is 12.7. The van der Waals surface area contributed by atoms with Crippen molar-refractivity contribution in [2.45, 2.75) is 12.7 Å². The molecule has 0 aromatic heterocycles. The molecule has 0 aliphatic carbocycles. The molecule has 1 aliphatic rings. The van der Waals surface area contributed by atoms with Gasteiger partial charge < -0.3 is 10.1 Å². The highest BCUT2D eigenvalue weighted by atomic mass is 19.1. The zero-order valence-electron chi connectivity index (χ0n) is 7.59. The van der Waals surface area contributed by atoms with Crippen molar-refractivity contribution in [3.8, 4) is 0 Å². The molecule has 0 bridgehead atoms. The van der Waals surface area contributed by atoms with Crippen molar-refractivity contribution < 1.29 is 13.5 Å². The summed E-state index contributed by atoms with van der Waals surface area (Å²) in [6, 6.07) is 3.43. The van der Waals surface area contributed by atoms with Gasteiger partial charge in [0.2, 0.25) is 0 Å². The van der Waals surface area contributed by atoms with E-state index in [-0.39, 0.29) is 12.7 Å². The average Bonchev–Trinajstić information content (AvgIpc) is 1.99. The Hall–Kier alpha value is -1.00. The molecule has 76 valence electrons. The largest absolute Gasteiger partial charge is 0.371 e. The number of hydrogen-bond acceptors (Lipinski definition) is 2. The number of ether oxygens (including phenoxy) is 1. The van der Waals surface area contributed by atoms with Crippen molar-refractivity contribution in [1.29, 1.82) is 0 Å². The average molecular weight is 199 g/mol. The summed E-state index contributed by atoms with van der Waals surface area (Å²) in [5, 5.41) is 3.05. The first-order valence-electron chi connectivity index (χ1n) is 4.51. The van der Waals surface area contributed by atoms with Crippen LogP contribution in [0.5, 0.6) is 0 Å². The Bertz CT molecular complexity index is 306. The van der Waals surface area contributed by atoms with Gasteiger partial charge in [-0.05, 0) is 17.7 Å². The first-order chi connectivity index (χ1) is 6.74. The van der Waals surface area contributed by atoms with E-state index in [1.807, 2.05) is 0 Å². The molecule has 4 heteroatoms. The molecule has 1 heterocycles. The molecule has 0 unspecified atom stereocenters. The molecule has 2 nitrogen and oxygen atoms in total. The van der Waals surface area contributed by atoms with Gasteiger partial charge in [0.05, 0.1) is 12.7 Å². The van der Waals surface area contributed by atoms with E-state index in [9.17, 15) is 8.78 Å². The zero-order chi connectivity index (χ0) is 9.97. The number of benzene rings is 1. The summed E-state index contributed by atoms with van der Waals surface area (Å²) in [4.78, 5) is 0. The predicted octanol–water partition coefficient (Wildman–Crippen LogP) is 1.45. The standard InChI is InChI=1S/C10H11F2NO/c11-8-1-7(2-9(12)3-8)6-14-10-4-13-5-10/h1-3,10,13H,4-6H2. The van der Waals surface area contributed by atoms with Gasteiger partial charge >= 0.3 is 0 Å². The highest BCUT2D eigenvalue weighted by Gasteiger charge is 2.16. The quantitative estimate of drug-likeness (QED) is 0.795. The van der Waals surface area contributed by atoms with Gasteiger partial charge in [-0.15, -0.1) is 0 Å². The number of hydrogen-bond donors (Lipinski definition) is 1. The van der Waals surface area contributed by atoms with Crippen molar-refractivity contribution in [3.05, 3.63) is 35.4 Å². The third kappa shape index (κ3) is 2.27. The molecule has 0 spiro atoms. The fourth-order valence-corrected chi connectivity index (χ4v) is 1.29. The van der Waals surface area contributed by atoms with Crippen LogP contribution in [-0.4, -0.2) is 19.2 Å². The lowest BCUT2D eigenvalue weighted by molar-refractivity contribution is 0.00738. The van der Waals surface area contributed by atoms with Crippen molar-refractivity contribution in [3.63, 3.8) is 0 Å². The van der Waals surface area contributed by atoms with Gasteiger partial charge in [-0.25, -0.2) is 8.78 Å². The molecule has 1 fully saturated rings. The summed E-state index contributed by atoms with van der Waals surface area (Å²) in [6.07, 6.45) is 0.182. The van der Waals surface area contributed by atoms with Crippen LogP contribution in [0.3, 0.4) is 0 Å². The van der Waals surface area contributed by atoms with Gasteiger partial charge in [0.1, 0.15) is 11.6 Å². The normalized spacial score (nSPS) is 16.7. The molecule has 0 radical (unpaired) electrons. The molecular weight excluding hydrogens is 188 g/mol. The van der Waals surface area contributed by atoms with Crippen LogP contribution in [-0.2, 0) is 11.3 Å². The Kier molecular flexibility index (Phi) is 2.74. The monoisotopic (exact) mass is 199 g/mol. The Labute approximate surface area is 80.9 Å². The Morgan fingerprint density at radius 1 is 1.21 bits per heavy atom. The third-order valence-electron chi connectivity index (χ3n) is 2.15. The lowest BCUT2D eigenvalue weighted by Crippen LogP contribution is -2.48. The molecule has 1 saturated heterocycles. The topological polar surface area (TPSA) is 21.3 Å². The maximum atomic E-state index is 12.7.